The predicted octanol–water partition coefficient (Wildman–Crippen LogP) is 2.06. The van der Waals surface area contributed by atoms with Crippen molar-refractivity contribution in [1.82, 2.24) is 0 Å². The smallest absolute Gasteiger partial charge is 0.668 e. The van der Waals surface area contributed by atoms with E-state index >= 15 is 0 Å². The fraction of sp³-hybridized carbons (Fsp3) is 0.857. The topological polar surface area (TPSA) is 42.3 Å². The number of hydrogen-bond acceptors (Lipinski definition) is 0. The first-order valence-electron chi connectivity index (χ1n) is 2.92. The van der Waals surface area contributed by atoms with Gasteiger partial charge < -0.3 is 23.4 Å². The second kappa shape index (κ2) is 30.9. The van der Waals surface area contributed by atoms with Crippen molar-refractivity contribution in [3.63, 3.8) is 0 Å². The predicted molar refractivity (Wildman–Crippen MR) is 49.9 cm³/mol. The maximum absolute atomic E-state index is 3.83. The maximum Gasteiger partial charge on any atom is 4.00 e. The van der Waals surface area contributed by atoms with Crippen LogP contribution in [-0.2, 0) is 25.8 Å². The Morgan fingerprint density at radius 2 is 1.00 bits per heavy atom. The molecule has 0 aliphatic heterocycles. The van der Waals surface area contributed by atoms with Gasteiger partial charge >= 0.3 is 25.8 Å². The third-order valence-electron chi connectivity index (χ3n) is 0.547. The maximum atomic E-state index is 3.83. The summed E-state index contributed by atoms with van der Waals surface area (Å²) in [6.07, 6.45) is 0. The molecular weight excluding hydrogens is 305 g/mol. The molecule has 3 nitrogen and oxygen atoms in total. The molecule has 0 aromatic rings. The molecule has 0 saturated heterocycles. The standard InChI is InChI=1S/C4H10N2.C2H6N.CH3.Hf/c1-5-3-4-6-2;1-3-2;;/h3-4H2,1-2H3;1-2H3;1H3;/q-2;2*-1;+4. The first-order valence-corrected chi connectivity index (χ1v) is 2.92. The molecule has 4 heteroatoms. The van der Waals surface area contributed by atoms with Gasteiger partial charge in [-0.1, -0.05) is 0 Å². The zero-order valence-corrected chi connectivity index (χ0v) is 11.8. The zero-order chi connectivity index (χ0) is 7.54. The van der Waals surface area contributed by atoms with Crippen LogP contribution in [0.5, 0.6) is 0 Å². The molecular formula is C7H19HfN3. The van der Waals surface area contributed by atoms with Crippen LogP contribution in [0.1, 0.15) is 0 Å². The number of nitrogens with zero attached hydrogens (tertiary/aromatic N) is 3. The molecule has 0 unspecified atom stereocenters. The van der Waals surface area contributed by atoms with Gasteiger partial charge in [-0.05, 0) is 0 Å². The summed E-state index contributed by atoms with van der Waals surface area (Å²) in [5, 5.41) is 11.2. The molecule has 66 valence electrons. The second-order valence-corrected chi connectivity index (χ2v) is 1.53. The van der Waals surface area contributed by atoms with Crippen molar-refractivity contribution in [3.8, 4) is 0 Å². The SMILES string of the molecule is C[N-]C.C[N-]CC[N-]C.[CH3-].[Hf+4]. The largest absolute Gasteiger partial charge is 4.00 e. The third-order valence-corrected chi connectivity index (χ3v) is 0.547. The van der Waals surface area contributed by atoms with Crippen LogP contribution < -0.4 is 0 Å². The van der Waals surface area contributed by atoms with E-state index in [-0.39, 0.29) is 33.3 Å². The average Bonchev–Trinajstić information content (AvgIpc) is 1.86. The van der Waals surface area contributed by atoms with E-state index in [1.54, 1.807) is 28.2 Å². The Balaban J connectivity index is -0.0000000437. The molecule has 11 heavy (non-hydrogen) atoms. The number of hydrogen-bond donors (Lipinski definition) is 0. The van der Waals surface area contributed by atoms with Gasteiger partial charge in [0.25, 0.3) is 0 Å². The van der Waals surface area contributed by atoms with Crippen LogP contribution in [0.25, 0.3) is 16.0 Å². The molecule has 0 amide bonds. The fourth-order valence-corrected chi connectivity index (χ4v) is 0.200. The molecule has 0 atom stereocenters. The Labute approximate surface area is 90.5 Å². The summed E-state index contributed by atoms with van der Waals surface area (Å²) >= 11 is 0. The molecule has 0 N–H and O–H groups in total. The van der Waals surface area contributed by atoms with E-state index in [9.17, 15) is 0 Å². The van der Waals surface area contributed by atoms with Gasteiger partial charge in [-0.15, -0.1) is 0 Å². The van der Waals surface area contributed by atoms with Gasteiger partial charge in [-0.3, -0.25) is 0 Å². The monoisotopic (exact) mass is 325 g/mol. The van der Waals surface area contributed by atoms with E-state index in [0.29, 0.717) is 0 Å². The van der Waals surface area contributed by atoms with E-state index in [2.05, 4.69) is 16.0 Å². The summed E-state index contributed by atoms with van der Waals surface area (Å²) in [4.78, 5) is 0. The minimum atomic E-state index is 0. The summed E-state index contributed by atoms with van der Waals surface area (Å²) in [5.41, 5.74) is 0. The summed E-state index contributed by atoms with van der Waals surface area (Å²) in [7, 11) is 7.09. The summed E-state index contributed by atoms with van der Waals surface area (Å²) in [5.74, 6) is 0. The van der Waals surface area contributed by atoms with Crippen LogP contribution in [0.4, 0.5) is 0 Å². The van der Waals surface area contributed by atoms with Crippen LogP contribution in [-0.4, -0.2) is 41.3 Å². The van der Waals surface area contributed by atoms with Crippen molar-refractivity contribution in [2.75, 3.05) is 41.3 Å². The molecule has 0 aliphatic rings. The van der Waals surface area contributed by atoms with Crippen molar-refractivity contribution in [1.29, 1.82) is 0 Å². The molecule has 0 spiro atoms. The molecule has 0 aromatic heterocycles. The van der Waals surface area contributed by atoms with E-state index in [0.717, 1.165) is 13.1 Å². The summed E-state index contributed by atoms with van der Waals surface area (Å²) < 4.78 is 0. The minimum absolute atomic E-state index is 0. The van der Waals surface area contributed by atoms with Crippen molar-refractivity contribution in [2.45, 2.75) is 0 Å². The van der Waals surface area contributed by atoms with E-state index in [1.165, 1.54) is 0 Å². The van der Waals surface area contributed by atoms with Crippen LogP contribution in [0.15, 0.2) is 0 Å². The normalized spacial score (nSPS) is 6.55. The number of likely N-dealkylation sites (N-methyl/N-ethyl adjacent to an activating group) is 2. The Morgan fingerprint density at radius 3 is 1.09 bits per heavy atom. The molecule has 0 aliphatic carbocycles. The molecule has 0 aromatic carbocycles. The van der Waals surface area contributed by atoms with E-state index in [1.807, 2.05) is 0 Å². The van der Waals surface area contributed by atoms with Crippen molar-refractivity contribution >= 4 is 0 Å². The first-order chi connectivity index (χ1) is 4.33. The van der Waals surface area contributed by atoms with Crippen molar-refractivity contribution < 1.29 is 25.8 Å². The summed E-state index contributed by atoms with van der Waals surface area (Å²) in [6.45, 7) is 1.74. The molecule has 0 heterocycles. The minimum Gasteiger partial charge on any atom is -0.668 e. The van der Waals surface area contributed by atoms with Gasteiger partial charge in [-0.25, -0.2) is 0 Å². The van der Waals surface area contributed by atoms with Gasteiger partial charge in [-0.2, -0.15) is 41.3 Å². The van der Waals surface area contributed by atoms with Gasteiger partial charge in [0.15, 0.2) is 0 Å². The molecule has 0 fully saturated rings. The van der Waals surface area contributed by atoms with Gasteiger partial charge in [0.2, 0.25) is 0 Å². The Kier molecular flexibility index (Phi) is 63.5. The zero-order valence-electron chi connectivity index (χ0n) is 8.26. The quantitative estimate of drug-likeness (QED) is 0.433. The second-order valence-electron chi connectivity index (χ2n) is 1.53. The van der Waals surface area contributed by atoms with Gasteiger partial charge in [0, 0.05) is 0 Å². The van der Waals surface area contributed by atoms with Crippen LogP contribution in [0, 0.1) is 7.43 Å². The molecule has 0 radical (unpaired) electrons. The van der Waals surface area contributed by atoms with E-state index in [4.69, 9.17) is 0 Å². The van der Waals surface area contributed by atoms with Crippen molar-refractivity contribution in [2.24, 2.45) is 0 Å². The Hall–Kier alpha value is 0.750. The van der Waals surface area contributed by atoms with Crippen LogP contribution >= 0.6 is 0 Å². The van der Waals surface area contributed by atoms with E-state index < -0.39 is 0 Å². The number of rotatable bonds is 3. The fourth-order valence-electron chi connectivity index (χ4n) is 0.200. The summed E-state index contributed by atoms with van der Waals surface area (Å²) in [6, 6.07) is 0. The van der Waals surface area contributed by atoms with Gasteiger partial charge in [0.1, 0.15) is 0 Å². The average molecular weight is 324 g/mol. The molecule has 0 rings (SSSR count). The first kappa shape index (κ1) is 22.6. The molecule has 0 saturated carbocycles. The Morgan fingerprint density at radius 1 is 0.818 bits per heavy atom. The van der Waals surface area contributed by atoms with Crippen LogP contribution in [0.3, 0.4) is 0 Å². The van der Waals surface area contributed by atoms with Crippen molar-refractivity contribution in [3.05, 3.63) is 23.4 Å². The van der Waals surface area contributed by atoms with Crippen LogP contribution in [0.2, 0.25) is 0 Å². The third kappa shape index (κ3) is 58.5. The Bertz CT molecular complexity index is 32.9. The van der Waals surface area contributed by atoms with Gasteiger partial charge in [0.05, 0.1) is 0 Å². The molecule has 0 bridgehead atoms.